The maximum Gasteiger partial charge on any atom is 0.0766 e. The molecule has 1 aromatic heterocycles. The molecule has 0 spiro atoms. The summed E-state index contributed by atoms with van der Waals surface area (Å²) in [5, 5.41) is 15.0. The third kappa shape index (κ3) is 3.70. The highest BCUT2D eigenvalue weighted by molar-refractivity contribution is 9.10. The Hall–Kier alpha value is -0.350. The Bertz CT molecular complexity index is 490. The van der Waals surface area contributed by atoms with E-state index < -0.39 is 0 Å². The van der Waals surface area contributed by atoms with Crippen molar-refractivity contribution in [2.75, 3.05) is 0 Å². The maximum absolute atomic E-state index is 10.4. The second-order valence-corrected chi connectivity index (χ2v) is 8.39. The molecule has 2 rings (SSSR count). The largest absolute Gasteiger partial charge is 0.393 e. The number of aryl methyl sites for hydroxylation is 2. The second kappa shape index (κ2) is 6.41. The fourth-order valence-electron chi connectivity index (χ4n) is 3.54. The van der Waals surface area contributed by atoms with Crippen LogP contribution in [-0.4, -0.2) is 21.0 Å². The van der Waals surface area contributed by atoms with Crippen LogP contribution in [0, 0.1) is 17.3 Å². The molecule has 0 aliphatic heterocycles. The highest BCUT2D eigenvalue weighted by Gasteiger charge is 2.35. The molecule has 1 aliphatic rings. The summed E-state index contributed by atoms with van der Waals surface area (Å²) in [5.41, 5.74) is 2.67. The minimum absolute atomic E-state index is 0.171. The van der Waals surface area contributed by atoms with Crippen molar-refractivity contribution in [1.29, 1.82) is 0 Å². The summed E-state index contributed by atoms with van der Waals surface area (Å²) < 4.78 is 3.12. The molecule has 0 saturated heterocycles. The molecule has 3 atom stereocenters. The number of aromatic nitrogens is 2. The van der Waals surface area contributed by atoms with Crippen molar-refractivity contribution < 1.29 is 5.11 Å². The van der Waals surface area contributed by atoms with Gasteiger partial charge in [0.15, 0.2) is 0 Å². The van der Waals surface area contributed by atoms with E-state index in [9.17, 15) is 5.11 Å². The van der Waals surface area contributed by atoms with E-state index in [1.54, 1.807) is 0 Å². The van der Waals surface area contributed by atoms with E-state index in [4.69, 9.17) is 0 Å². The summed E-state index contributed by atoms with van der Waals surface area (Å²) >= 11 is 3.70. The van der Waals surface area contributed by atoms with Crippen LogP contribution in [0.3, 0.4) is 0 Å². The van der Waals surface area contributed by atoms with Crippen LogP contribution in [0.4, 0.5) is 0 Å². The van der Waals surface area contributed by atoms with Gasteiger partial charge in [0.25, 0.3) is 0 Å². The lowest BCUT2D eigenvalue weighted by molar-refractivity contribution is 0.0188. The first kappa shape index (κ1) is 17.0. The van der Waals surface area contributed by atoms with Crippen LogP contribution in [0.5, 0.6) is 0 Å². The van der Waals surface area contributed by atoms with Crippen molar-refractivity contribution in [1.82, 2.24) is 9.78 Å². The first-order valence-corrected chi connectivity index (χ1v) is 8.91. The Balaban J connectivity index is 2.16. The van der Waals surface area contributed by atoms with Crippen molar-refractivity contribution in [2.24, 2.45) is 24.3 Å². The van der Waals surface area contributed by atoms with Gasteiger partial charge in [0.05, 0.1) is 22.0 Å². The van der Waals surface area contributed by atoms with Gasteiger partial charge in [-0.25, -0.2) is 0 Å². The minimum atomic E-state index is -0.171. The monoisotopic (exact) mass is 356 g/mol. The van der Waals surface area contributed by atoms with Crippen LogP contribution in [0.15, 0.2) is 4.47 Å². The van der Waals surface area contributed by atoms with Crippen LogP contribution in [0.2, 0.25) is 0 Å². The van der Waals surface area contributed by atoms with Gasteiger partial charge in [-0.2, -0.15) is 5.10 Å². The Labute approximate surface area is 137 Å². The van der Waals surface area contributed by atoms with E-state index >= 15 is 0 Å². The molecular weight excluding hydrogens is 328 g/mol. The lowest BCUT2D eigenvalue weighted by Gasteiger charge is -2.40. The lowest BCUT2D eigenvalue weighted by atomic mass is 9.67. The van der Waals surface area contributed by atoms with E-state index in [1.807, 2.05) is 11.7 Å². The molecule has 120 valence electrons. The third-order valence-electron chi connectivity index (χ3n) is 5.13. The molecule has 1 N–H and O–H groups in total. The zero-order valence-electron chi connectivity index (χ0n) is 14.0. The van der Waals surface area contributed by atoms with E-state index in [0.29, 0.717) is 17.3 Å². The van der Waals surface area contributed by atoms with E-state index in [1.165, 1.54) is 5.69 Å². The average molecular weight is 357 g/mol. The van der Waals surface area contributed by atoms with E-state index in [0.717, 1.165) is 42.3 Å². The van der Waals surface area contributed by atoms with Crippen molar-refractivity contribution in [3.63, 3.8) is 0 Å². The van der Waals surface area contributed by atoms with E-state index in [2.05, 4.69) is 48.7 Å². The Morgan fingerprint density at radius 2 is 2.00 bits per heavy atom. The molecule has 1 aromatic rings. The first-order chi connectivity index (χ1) is 9.74. The molecule has 1 aliphatic carbocycles. The number of halogens is 1. The highest BCUT2D eigenvalue weighted by atomic mass is 79.9. The number of hydrogen-bond acceptors (Lipinski definition) is 2. The molecule has 0 aromatic carbocycles. The van der Waals surface area contributed by atoms with Crippen LogP contribution >= 0.6 is 15.9 Å². The first-order valence-electron chi connectivity index (χ1n) is 8.12. The van der Waals surface area contributed by atoms with Crippen molar-refractivity contribution in [3.8, 4) is 0 Å². The van der Waals surface area contributed by atoms with Gasteiger partial charge in [-0.05, 0) is 65.3 Å². The molecule has 1 saturated carbocycles. The predicted octanol–water partition coefficient (Wildman–Crippen LogP) is 4.11. The standard InChI is InChI=1S/C17H29BrN2O/c1-6-13-16(18)14(20(5)19-13)10-11-9-12(17(2,3)4)7-8-15(11)21/h11-12,15,21H,6-10H2,1-5H3. The van der Waals surface area contributed by atoms with Gasteiger partial charge in [-0.1, -0.05) is 27.7 Å². The van der Waals surface area contributed by atoms with Gasteiger partial charge in [-0.3, -0.25) is 4.68 Å². The zero-order chi connectivity index (χ0) is 15.8. The number of hydrogen-bond donors (Lipinski definition) is 1. The van der Waals surface area contributed by atoms with Crippen molar-refractivity contribution in [3.05, 3.63) is 15.9 Å². The topological polar surface area (TPSA) is 38.0 Å². The molecule has 0 radical (unpaired) electrons. The van der Waals surface area contributed by atoms with Gasteiger partial charge in [-0.15, -0.1) is 0 Å². The lowest BCUT2D eigenvalue weighted by Crippen LogP contribution is -2.36. The summed E-state index contributed by atoms with van der Waals surface area (Å²) in [5.74, 6) is 1.04. The fraction of sp³-hybridized carbons (Fsp3) is 0.824. The zero-order valence-corrected chi connectivity index (χ0v) is 15.6. The van der Waals surface area contributed by atoms with Gasteiger partial charge < -0.3 is 5.11 Å². The van der Waals surface area contributed by atoms with Crippen LogP contribution in [0.1, 0.15) is 58.3 Å². The molecule has 21 heavy (non-hydrogen) atoms. The Morgan fingerprint density at radius 3 is 2.52 bits per heavy atom. The Kier molecular flexibility index (Phi) is 5.19. The van der Waals surface area contributed by atoms with Gasteiger partial charge in [0.2, 0.25) is 0 Å². The third-order valence-corrected chi connectivity index (χ3v) is 6.04. The number of aliphatic hydroxyl groups excluding tert-OH is 1. The molecule has 3 unspecified atom stereocenters. The molecule has 0 bridgehead atoms. The summed E-state index contributed by atoms with van der Waals surface area (Å²) in [7, 11) is 2.01. The summed E-state index contributed by atoms with van der Waals surface area (Å²) in [6, 6.07) is 0. The van der Waals surface area contributed by atoms with Gasteiger partial charge >= 0.3 is 0 Å². The quantitative estimate of drug-likeness (QED) is 0.884. The predicted molar refractivity (Wildman–Crippen MR) is 90.3 cm³/mol. The fourth-order valence-corrected chi connectivity index (χ4v) is 4.32. The molecule has 1 heterocycles. The molecule has 3 nitrogen and oxygen atoms in total. The number of nitrogens with zero attached hydrogens (tertiary/aromatic N) is 2. The van der Waals surface area contributed by atoms with Crippen molar-refractivity contribution in [2.45, 2.75) is 65.9 Å². The summed E-state index contributed by atoms with van der Waals surface area (Å²) in [6.07, 6.45) is 4.88. The van der Waals surface area contributed by atoms with Gasteiger partial charge in [0.1, 0.15) is 0 Å². The van der Waals surface area contributed by atoms with Crippen LogP contribution in [0.25, 0.3) is 0 Å². The second-order valence-electron chi connectivity index (χ2n) is 7.59. The van der Waals surface area contributed by atoms with Crippen LogP contribution in [-0.2, 0) is 19.9 Å². The Morgan fingerprint density at radius 1 is 1.33 bits per heavy atom. The van der Waals surface area contributed by atoms with E-state index in [-0.39, 0.29) is 6.10 Å². The smallest absolute Gasteiger partial charge is 0.0766 e. The maximum atomic E-state index is 10.4. The van der Waals surface area contributed by atoms with Crippen molar-refractivity contribution >= 4 is 15.9 Å². The summed E-state index contributed by atoms with van der Waals surface area (Å²) in [6.45, 7) is 9.09. The number of aliphatic hydroxyl groups is 1. The molecule has 1 fully saturated rings. The van der Waals surface area contributed by atoms with Crippen LogP contribution < -0.4 is 0 Å². The minimum Gasteiger partial charge on any atom is -0.393 e. The van der Waals surface area contributed by atoms with Gasteiger partial charge in [0, 0.05) is 7.05 Å². The SMILES string of the molecule is CCc1nn(C)c(CC2CC(C(C)(C)C)CCC2O)c1Br. The molecular formula is C17H29BrN2O. The number of rotatable bonds is 3. The average Bonchev–Trinajstić information content (AvgIpc) is 2.67. The summed E-state index contributed by atoms with van der Waals surface area (Å²) in [4.78, 5) is 0. The normalized spacial score (nSPS) is 27.1. The molecule has 4 heteroatoms. The highest BCUT2D eigenvalue weighted by Crippen LogP contribution is 2.42. The molecule has 0 amide bonds.